The number of hydrogen-bond donors (Lipinski definition) is 1. The van der Waals surface area contributed by atoms with Crippen molar-refractivity contribution in [1.29, 1.82) is 0 Å². The second-order valence-corrected chi connectivity index (χ2v) is 4.97. The van der Waals surface area contributed by atoms with Crippen molar-refractivity contribution in [2.75, 3.05) is 0 Å². The fourth-order valence-electron chi connectivity index (χ4n) is 2.09. The molecule has 0 heterocycles. The van der Waals surface area contributed by atoms with Crippen LogP contribution < -0.4 is 5.32 Å². The van der Waals surface area contributed by atoms with Crippen molar-refractivity contribution < 1.29 is 0 Å². The Morgan fingerprint density at radius 2 is 1.56 bits per heavy atom. The molecule has 0 aliphatic carbocycles. The number of rotatable bonds is 4. The molecule has 0 radical (unpaired) electrons. The Morgan fingerprint density at radius 1 is 0.889 bits per heavy atom. The highest BCUT2D eigenvalue weighted by Gasteiger charge is 2.02. The van der Waals surface area contributed by atoms with Crippen molar-refractivity contribution in [1.82, 2.24) is 5.32 Å². The number of aryl methyl sites for hydroxylation is 2. The van der Waals surface area contributed by atoms with Gasteiger partial charge < -0.3 is 5.32 Å². The molecule has 2 rings (SSSR count). The Kier molecular flexibility index (Phi) is 4.40. The van der Waals surface area contributed by atoms with Crippen LogP contribution in [0.5, 0.6) is 0 Å². The Bertz CT molecular complexity index is 514. The normalized spacial score (nSPS) is 10.6. The molecule has 0 amide bonds. The van der Waals surface area contributed by atoms with Crippen LogP contribution in [0.25, 0.3) is 0 Å². The Hall–Kier alpha value is -1.31. The van der Waals surface area contributed by atoms with Crippen molar-refractivity contribution in [3.8, 4) is 0 Å². The van der Waals surface area contributed by atoms with Gasteiger partial charge in [0.05, 0.1) is 0 Å². The minimum absolute atomic E-state index is 0.799. The van der Waals surface area contributed by atoms with Gasteiger partial charge in [-0.3, -0.25) is 0 Å². The highest BCUT2D eigenvalue weighted by molar-refractivity contribution is 6.31. The Labute approximate surface area is 114 Å². The third-order valence-corrected chi connectivity index (χ3v) is 3.59. The predicted octanol–water partition coefficient (Wildman–Crippen LogP) is 4.25. The second-order valence-electron chi connectivity index (χ2n) is 4.57. The fraction of sp³-hybridized carbons (Fsp3) is 0.250. The van der Waals surface area contributed by atoms with Gasteiger partial charge in [0, 0.05) is 18.1 Å². The molecule has 0 aromatic heterocycles. The average Bonchev–Trinajstić information content (AvgIpc) is 2.35. The maximum absolute atomic E-state index is 6.13. The van der Waals surface area contributed by atoms with E-state index < -0.39 is 0 Å². The zero-order chi connectivity index (χ0) is 13.0. The van der Waals surface area contributed by atoms with E-state index in [4.69, 9.17) is 11.6 Å². The number of hydrogen-bond acceptors (Lipinski definition) is 1. The number of nitrogens with one attached hydrogen (secondary N) is 1. The Morgan fingerprint density at radius 3 is 2.22 bits per heavy atom. The van der Waals surface area contributed by atoms with Crippen LogP contribution in [0, 0.1) is 13.8 Å². The summed E-state index contributed by atoms with van der Waals surface area (Å²) in [5, 5.41) is 4.28. The maximum atomic E-state index is 6.13. The second kappa shape index (κ2) is 6.03. The molecule has 0 aliphatic heterocycles. The molecule has 0 atom stereocenters. The SMILES string of the molecule is Cc1cccc(C)c1CNCc1ccccc1Cl. The molecule has 0 aliphatic rings. The first-order valence-electron chi connectivity index (χ1n) is 6.17. The summed E-state index contributed by atoms with van der Waals surface area (Å²) in [5.74, 6) is 0. The van der Waals surface area contributed by atoms with E-state index >= 15 is 0 Å². The van der Waals surface area contributed by atoms with Crippen LogP contribution in [-0.4, -0.2) is 0 Å². The van der Waals surface area contributed by atoms with Crippen molar-refractivity contribution in [2.45, 2.75) is 26.9 Å². The first-order chi connectivity index (χ1) is 8.68. The van der Waals surface area contributed by atoms with Gasteiger partial charge >= 0.3 is 0 Å². The average molecular weight is 260 g/mol. The summed E-state index contributed by atoms with van der Waals surface area (Å²) in [6, 6.07) is 14.4. The lowest BCUT2D eigenvalue weighted by Gasteiger charge is -2.11. The molecular weight excluding hydrogens is 242 g/mol. The van der Waals surface area contributed by atoms with Crippen LogP contribution in [0.2, 0.25) is 5.02 Å². The monoisotopic (exact) mass is 259 g/mol. The van der Waals surface area contributed by atoms with Crippen molar-refractivity contribution in [2.24, 2.45) is 0 Å². The van der Waals surface area contributed by atoms with E-state index in [-0.39, 0.29) is 0 Å². The molecule has 2 heteroatoms. The summed E-state index contributed by atoms with van der Waals surface area (Å²) >= 11 is 6.13. The van der Waals surface area contributed by atoms with Crippen molar-refractivity contribution in [3.63, 3.8) is 0 Å². The summed E-state index contributed by atoms with van der Waals surface area (Å²) < 4.78 is 0. The smallest absolute Gasteiger partial charge is 0.0450 e. The fourth-order valence-corrected chi connectivity index (χ4v) is 2.29. The molecule has 0 saturated heterocycles. The third kappa shape index (κ3) is 3.12. The summed E-state index contributed by atoms with van der Waals surface area (Å²) in [6.07, 6.45) is 0. The summed E-state index contributed by atoms with van der Waals surface area (Å²) in [5.41, 5.74) is 5.19. The van der Waals surface area contributed by atoms with Gasteiger partial charge in [-0.2, -0.15) is 0 Å². The van der Waals surface area contributed by atoms with Gasteiger partial charge in [0.1, 0.15) is 0 Å². The lowest BCUT2D eigenvalue weighted by atomic mass is 10.0. The number of benzene rings is 2. The molecule has 0 saturated carbocycles. The predicted molar refractivity (Wildman–Crippen MR) is 77.9 cm³/mol. The first kappa shape index (κ1) is 13.1. The molecule has 94 valence electrons. The van der Waals surface area contributed by atoms with Crippen LogP contribution in [0.4, 0.5) is 0 Å². The molecular formula is C16H18ClN. The standard InChI is InChI=1S/C16H18ClN/c1-12-6-5-7-13(2)15(12)11-18-10-14-8-3-4-9-16(14)17/h3-9,18H,10-11H2,1-2H3. The minimum Gasteiger partial charge on any atom is -0.309 e. The quantitative estimate of drug-likeness (QED) is 0.866. The molecule has 2 aromatic rings. The maximum Gasteiger partial charge on any atom is 0.0450 e. The lowest BCUT2D eigenvalue weighted by Crippen LogP contribution is -2.14. The molecule has 18 heavy (non-hydrogen) atoms. The zero-order valence-electron chi connectivity index (χ0n) is 10.8. The van der Waals surface area contributed by atoms with E-state index in [1.54, 1.807) is 0 Å². The van der Waals surface area contributed by atoms with Crippen molar-refractivity contribution in [3.05, 3.63) is 69.7 Å². The third-order valence-electron chi connectivity index (χ3n) is 3.22. The van der Waals surface area contributed by atoms with Gasteiger partial charge in [-0.25, -0.2) is 0 Å². The summed E-state index contributed by atoms with van der Waals surface area (Å²) in [4.78, 5) is 0. The van der Waals surface area contributed by atoms with Gasteiger partial charge in [0.25, 0.3) is 0 Å². The molecule has 0 spiro atoms. The van der Waals surface area contributed by atoms with Crippen LogP contribution in [-0.2, 0) is 13.1 Å². The summed E-state index contributed by atoms with van der Waals surface area (Å²) in [7, 11) is 0. The minimum atomic E-state index is 0.799. The zero-order valence-corrected chi connectivity index (χ0v) is 11.6. The molecule has 0 bridgehead atoms. The van der Waals surface area contributed by atoms with E-state index in [0.29, 0.717) is 0 Å². The Balaban J connectivity index is 1.99. The van der Waals surface area contributed by atoms with E-state index in [1.807, 2.05) is 18.2 Å². The molecule has 0 fully saturated rings. The highest BCUT2D eigenvalue weighted by atomic mass is 35.5. The van der Waals surface area contributed by atoms with E-state index in [9.17, 15) is 0 Å². The van der Waals surface area contributed by atoms with E-state index in [0.717, 1.165) is 23.7 Å². The van der Waals surface area contributed by atoms with Gasteiger partial charge in [0.2, 0.25) is 0 Å². The number of halogens is 1. The van der Waals surface area contributed by atoms with Crippen LogP contribution >= 0.6 is 11.6 Å². The molecule has 0 unspecified atom stereocenters. The van der Waals surface area contributed by atoms with E-state index in [2.05, 4.69) is 43.4 Å². The molecule has 1 nitrogen and oxygen atoms in total. The van der Waals surface area contributed by atoms with Gasteiger partial charge in [0.15, 0.2) is 0 Å². The largest absolute Gasteiger partial charge is 0.309 e. The highest BCUT2D eigenvalue weighted by Crippen LogP contribution is 2.16. The lowest BCUT2D eigenvalue weighted by molar-refractivity contribution is 0.688. The molecule has 1 N–H and O–H groups in total. The van der Waals surface area contributed by atoms with Crippen LogP contribution in [0.3, 0.4) is 0 Å². The van der Waals surface area contributed by atoms with Crippen LogP contribution in [0.15, 0.2) is 42.5 Å². The van der Waals surface area contributed by atoms with Gasteiger partial charge in [-0.05, 0) is 42.2 Å². The molecule has 2 aromatic carbocycles. The first-order valence-corrected chi connectivity index (χ1v) is 6.55. The van der Waals surface area contributed by atoms with Crippen molar-refractivity contribution >= 4 is 11.6 Å². The summed E-state index contributed by atoms with van der Waals surface area (Å²) in [6.45, 7) is 5.98. The van der Waals surface area contributed by atoms with Gasteiger partial charge in [-0.15, -0.1) is 0 Å². The topological polar surface area (TPSA) is 12.0 Å². The van der Waals surface area contributed by atoms with Gasteiger partial charge in [-0.1, -0.05) is 48.0 Å². The van der Waals surface area contributed by atoms with E-state index in [1.165, 1.54) is 16.7 Å². The van der Waals surface area contributed by atoms with Crippen LogP contribution in [0.1, 0.15) is 22.3 Å².